The summed E-state index contributed by atoms with van der Waals surface area (Å²) < 4.78 is 19.7. The molecule has 136 valence electrons. The van der Waals surface area contributed by atoms with E-state index in [-0.39, 0.29) is 25.4 Å². The minimum Gasteiger partial charge on any atom is -0.465 e. The van der Waals surface area contributed by atoms with Crippen molar-refractivity contribution in [1.82, 2.24) is 0 Å². The number of esters is 4. The van der Waals surface area contributed by atoms with Gasteiger partial charge in [-0.1, -0.05) is 6.58 Å². The van der Waals surface area contributed by atoms with E-state index in [0.717, 1.165) is 0 Å². The van der Waals surface area contributed by atoms with Crippen molar-refractivity contribution >= 4 is 23.9 Å². The van der Waals surface area contributed by atoms with E-state index in [2.05, 4.69) is 6.58 Å². The van der Waals surface area contributed by atoms with Crippen LogP contribution < -0.4 is 0 Å². The van der Waals surface area contributed by atoms with Crippen molar-refractivity contribution in [1.29, 1.82) is 0 Å². The molecule has 9 nitrogen and oxygen atoms in total. The van der Waals surface area contributed by atoms with Crippen molar-refractivity contribution in [2.75, 3.05) is 33.0 Å². The van der Waals surface area contributed by atoms with Crippen molar-refractivity contribution in [3.63, 3.8) is 0 Å². The van der Waals surface area contributed by atoms with Crippen molar-refractivity contribution in [3.8, 4) is 0 Å². The Bertz CT molecular complexity index is 450. The maximum Gasteiger partial charge on any atom is 0.335 e. The van der Waals surface area contributed by atoms with E-state index in [1.165, 1.54) is 20.8 Å². The fourth-order valence-electron chi connectivity index (χ4n) is 1.40. The molecule has 9 heteroatoms. The molecule has 0 saturated carbocycles. The molecule has 0 radical (unpaired) electrons. The average molecular weight is 346 g/mol. The quantitative estimate of drug-likeness (QED) is 0.324. The van der Waals surface area contributed by atoms with E-state index in [4.69, 9.17) is 24.1 Å². The van der Waals surface area contributed by atoms with Crippen LogP contribution in [0.3, 0.4) is 0 Å². The molecule has 0 aliphatic carbocycles. The van der Waals surface area contributed by atoms with Gasteiger partial charge in [0, 0.05) is 20.8 Å². The lowest BCUT2D eigenvalue weighted by atomic mass is 9.92. The zero-order valence-electron chi connectivity index (χ0n) is 14.0. The highest BCUT2D eigenvalue weighted by atomic mass is 16.6. The number of carbonyl (C=O) groups is 4. The van der Waals surface area contributed by atoms with Crippen LogP contribution in [0.25, 0.3) is 0 Å². The van der Waals surface area contributed by atoms with Gasteiger partial charge < -0.3 is 24.1 Å². The molecule has 0 heterocycles. The van der Waals surface area contributed by atoms with Gasteiger partial charge in [-0.25, -0.2) is 4.79 Å². The Labute approximate surface area is 139 Å². The largest absolute Gasteiger partial charge is 0.465 e. The van der Waals surface area contributed by atoms with Gasteiger partial charge in [0.25, 0.3) is 0 Å². The number of carbonyl (C=O) groups excluding carboxylic acids is 4. The van der Waals surface area contributed by atoms with Gasteiger partial charge in [0.15, 0.2) is 0 Å². The van der Waals surface area contributed by atoms with E-state index in [0.29, 0.717) is 0 Å². The third kappa shape index (κ3) is 8.89. The van der Waals surface area contributed by atoms with Gasteiger partial charge in [-0.15, -0.1) is 0 Å². The predicted molar refractivity (Wildman–Crippen MR) is 79.5 cm³/mol. The number of ether oxygens (including phenoxy) is 4. The first-order chi connectivity index (χ1) is 11.1. The van der Waals surface area contributed by atoms with E-state index in [1.807, 2.05) is 0 Å². The lowest BCUT2D eigenvalue weighted by Gasteiger charge is -2.31. The van der Waals surface area contributed by atoms with Crippen LogP contribution >= 0.6 is 0 Å². The van der Waals surface area contributed by atoms with Crippen molar-refractivity contribution in [3.05, 3.63) is 12.2 Å². The monoisotopic (exact) mass is 346 g/mol. The molecule has 0 unspecified atom stereocenters. The minimum atomic E-state index is -1.28. The molecule has 0 atom stereocenters. The fraction of sp³-hybridized carbons (Fsp3) is 0.600. The number of hydrogen-bond acceptors (Lipinski definition) is 9. The summed E-state index contributed by atoms with van der Waals surface area (Å²) in [7, 11) is 0. The second-order valence-electron chi connectivity index (χ2n) is 5.18. The van der Waals surface area contributed by atoms with E-state index in [9.17, 15) is 19.2 Å². The van der Waals surface area contributed by atoms with Gasteiger partial charge >= 0.3 is 23.9 Å². The van der Waals surface area contributed by atoms with Gasteiger partial charge in [0.05, 0.1) is 12.2 Å². The third-order valence-corrected chi connectivity index (χ3v) is 2.73. The molecule has 0 bridgehead atoms. The van der Waals surface area contributed by atoms with Gasteiger partial charge in [-0.3, -0.25) is 14.4 Å². The summed E-state index contributed by atoms with van der Waals surface area (Å²) in [6.45, 7) is 4.89. The first-order valence-corrected chi connectivity index (χ1v) is 6.98. The minimum absolute atomic E-state index is 0.184. The summed E-state index contributed by atoms with van der Waals surface area (Å²) in [5.74, 6) is -2.72. The summed E-state index contributed by atoms with van der Waals surface area (Å²) in [5.41, 5.74) is -1.47. The van der Waals surface area contributed by atoms with Crippen LogP contribution in [-0.4, -0.2) is 62.0 Å². The molecule has 0 amide bonds. The van der Waals surface area contributed by atoms with Crippen LogP contribution in [0, 0.1) is 5.41 Å². The highest BCUT2D eigenvalue weighted by molar-refractivity contribution is 5.87. The van der Waals surface area contributed by atoms with Crippen molar-refractivity contribution in [2.45, 2.75) is 20.8 Å². The van der Waals surface area contributed by atoms with Gasteiger partial charge in [0.1, 0.15) is 31.8 Å². The molecular formula is C15H22O9. The van der Waals surface area contributed by atoms with E-state index in [1.54, 1.807) is 0 Å². The summed E-state index contributed by atoms with van der Waals surface area (Å²) in [6, 6.07) is 0. The normalized spacial score (nSPS) is 10.5. The Morgan fingerprint density at radius 2 is 1.12 bits per heavy atom. The lowest BCUT2D eigenvalue weighted by molar-refractivity contribution is -0.167. The molecule has 0 aliphatic rings. The number of rotatable bonds is 10. The van der Waals surface area contributed by atoms with Gasteiger partial charge in [-0.05, 0) is 0 Å². The summed E-state index contributed by atoms with van der Waals surface area (Å²) in [5, 5.41) is 8.85. The fourth-order valence-corrected chi connectivity index (χ4v) is 1.40. The molecule has 0 aromatic carbocycles. The Hall–Kier alpha value is -2.42. The summed E-state index contributed by atoms with van der Waals surface area (Å²) >= 11 is 0. The summed E-state index contributed by atoms with van der Waals surface area (Å²) in [4.78, 5) is 44.8. The van der Waals surface area contributed by atoms with E-state index < -0.39 is 42.5 Å². The molecular weight excluding hydrogens is 324 g/mol. The smallest absolute Gasteiger partial charge is 0.335 e. The number of hydrogen-bond donors (Lipinski definition) is 1. The highest BCUT2D eigenvalue weighted by Crippen LogP contribution is 2.21. The van der Waals surface area contributed by atoms with Crippen LogP contribution in [0.1, 0.15) is 20.8 Å². The third-order valence-electron chi connectivity index (χ3n) is 2.73. The highest BCUT2D eigenvalue weighted by Gasteiger charge is 2.37. The predicted octanol–water partition coefficient (Wildman–Crippen LogP) is -0.246. The molecule has 1 N–H and O–H groups in total. The van der Waals surface area contributed by atoms with Crippen molar-refractivity contribution in [2.24, 2.45) is 5.41 Å². The molecule has 24 heavy (non-hydrogen) atoms. The number of aliphatic hydroxyl groups excluding tert-OH is 1. The Kier molecular flexibility index (Phi) is 9.33. The molecule has 0 fully saturated rings. The van der Waals surface area contributed by atoms with Crippen LogP contribution in [0.15, 0.2) is 12.2 Å². The Balaban J connectivity index is 5.21. The zero-order chi connectivity index (χ0) is 18.8. The molecule has 0 aromatic heterocycles. The molecule has 0 aliphatic heterocycles. The van der Waals surface area contributed by atoms with Crippen LogP contribution in [-0.2, 0) is 38.1 Å². The number of aliphatic hydroxyl groups is 1. The lowest BCUT2D eigenvalue weighted by Crippen LogP contribution is -2.43. The molecule has 0 rings (SSSR count). The maximum absolute atomic E-state index is 11.6. The second kappa shape index (κ2) is 10.4. The standard InChI is InChI=1S/C15H22O9/c1-10(5-16)14(20)24-9-15(6-21-11(2)17,7-22-12(3)18)8-23-13(4)19/h16H,1,5-9H2,2-4H3. The van der Waals surface area contributed by atoms with Crippen LogP contribution in [0.2, 0.25) is 0 Å². The molecule has 0 aromatic rings. The Morgan fingerprint density at radius 3 is 1.42 bits per heavy atom. The van der Waals surface area contributed by atoms with Crippen LogP contribution in [0.4, 0.5) is 0 Å². The van der Waals surface area contributed by atoms with Crippen molar-refractivity contribution < 1.29 is 43.2 Å². The van der Waals surface area contributed by atoms with E-state index >= 15 is 0 Å². The second-order valence-corrected chi connectivity index (χ2v) is 5.18. The maximum atomic E-state index is 11.6. The first kappa shape index (κ1) is 21.6. The van der Waals surface area contributed by atoms with Gasteiger partial charge in [-0.2, -0.15) is 0 Å². The van der Waals surface area contributed by atoms with Gasteiger partial charge in [0.2, 0.25) is 0 Å². The average Bonchev–Trinajstić information content (AvgIpc) is 2.52. The first-order valence-electron chi connectivity index (χ1n) is 6.98. The zero-order valence-corrected chi connectivity index (χ0v) is 14.0. The topological polar surface area (TPSA) is 125 Å². The Morgan fingerprint density at radius 1 is 0.792 bits per heavy atom. The molecule has 0 spiro atoms. The molecule has 0 saturated heterocycles. The SMILES string of the molecule is C=C(CO)C(=O)OCC(COC(C)=O)(COC(C)=O)COC(C)=O. The van der Waals surface area contributed by atoms with Crippen LogP contribution in [0.5, 0.6) is 0 Å². The summed E-state index contributed by atoms with van der Waals surface area (Å²) in [6.07, 6.45) is 0.